The number of hydrogen-bond donors (Lipinski definition) is 1. The largest absolute Gasteiger partial charge is 0.481 e. The molecule has 0 aromatic heterocycles. The summed E-state index contributed by atoms with van der Waals surface area (Å²) in [6.07, 6.45) is 1.74. The molecule has 2 rings (SSSR count). The lowest BCUT2D eigenvalue weighted by molar-refractivity contribution is -0.142. The highest BCUT2D eigenvalue weighted by Crippen LogP contribution is 2.25. The molecule has 104 valence electrons. The van der Waals surface area contributed by atoms with Crippen molar-refractivity contribution in [3.63, 3.8) is 0 Å². The Labute approximate surface area is 108 Å². The topological polar surface area (TPSA) is 77.9 Å². The highest BCUT2D eigenvalue weighted by molar-refractivity contribution is 7.86. The molecule has 0 aromatic carbocycles. The Morgan fingerprint density at radius 2 is 1.67 bits per heavy atom. The third-order valence-corrected chi connectivity index (χ3v) is 5.84. The van der Waals surface area contributed by atoms with E-state index in [0.717, 1.165) is 6.42 Å². The minimum atomic E-state index is -3.37. The molecule has 0 radical (unpaired) electrons. The van der Waals surface area contributed by atoms with Gasteiger partial charge < -0.3 is 5.11 Å². The quantitative estimate of drug-likeness (QED) is 0.808. The molecule has 2 fully saturated rings. The first-order chi connectivity index (χ1) is 8.41. The summed E-state index contributed by atoms with van der Waals surface area (Å²) in [6.45, 7) is 3.87. The van der Waals surface area contributed by atoms with Gasteiger partial charge in [0.2, 0.25) is 0 Å². The molecule has 1 unspecified atom stereocenters. The molecule has 2 aliphatic heterocycles. The first-order valence-electron chi connectivity index (χ1n) is 6.39. The van der Waals surface area contributed by atoms with Crippen LogP contribution in [0.4, 0.5) is 0 Å². The second-order valence-electron chi connectivity index (χ2n) is 5.27. The fourth-order valence-electron chi connectivity index (χ4n) is 2.60. The van der Waals surface area contributed by atoms with Gasteiger partial charge in [-0.1, -0.05) is 6.92 Å². The Morgan fingerprint density at radius 1 is 1.11 bits per heavy atom. The Balaban J connectivity index is 1.98. The van der Waals surface area contributed by atoms with Gasteiger partial charge in [0.1, 0.15) is 0 Å². The van der Waals surface area contributed by atoms with Crippen LogP contribution in [0.1, 0.15) is 26.2 Å². The zero-order chi connectivity index (χ0) is 13.3. The number of rotatable bonds is 3. The van der Waals surface area contributed by atoms with Crippen LogP contribution in [0.15, 0.2) is 0 Å². The molecule has 0 aromatic rings. The fourth-order valence-corrected chi connectivity index (χ4v) is 4.38. The van der Waals surface area contributed by atoms with E-state index in [0.29, 0.717) is 44.9 Å². The van der Waals surface area contributed by atoms with Gasteiger partial charge >= 0.3 is 5.97 Å². The molecule has 0 bridgehead atoms. The minimum Gasteiger partial charge on any atom is -0.481 e. The number of carbonyl (C=O) groups is 1. The summed E-state index contributed by atoms with van der Waals surface area (Å²) < 4.78 is 27.6. The van der Waals surface area contributed by atoms with E-state index in [2.05, 4.69) is 0 Å². The van der Waals surface area contributed by atoms with Crippen LogP contribution in [0.25, 0.3) is 0 Å². The highest BCUT2D eigenvalue weighted by Gasteiger charge is 2.37. The van der Waals surface area contributed by atoms with E-state index in [1.165, 1.54) is 8.61 Å². The Morgan fingerprint density at radius 3 is 2.11 bits per heavy atom. The first kappa shape index (κ1) is 13.8. The van der Waals surface area contributed by atoms with Crippen molar-refractivity contribution in [2.75, 3.05) is 26.2 Å². The van der Waals surface area contributed by atoms with Gasteiger partial charge in [0.25, 0.3) is 10.2 Å². The lowest BCUT2D eigenvalue weighted by atomic mass is 9.99. The summed E-state index contributed by atoms with van der Waals surface area (Å²) in [6, 6.07) is 0. The molecule has 1 atom stereocenters. The van der Waals surface area contributed by atoms with Gasteiger partial charge in [0.05, 0.1) is 5.92 Å². The summed E-state index contributed by atoms with van der Waals surface area (Å²) in [7, 11) is -3.37. The first-order valence-corrected chi connectivity index (χ1v) is 7.79. The molecule has 0 aliphatic carbocycles. The monoisotopic (exact) mass is 276 g/mol. The maximum absolute atomic E-state index is 12.3. The number of nitrogens with zero attached hydrogens (tertiary/aromatic N) is 2. The van der Waals surface area contributed by atoms with E-state index in [4.69, 9.17) is 5.11 Å². The van der Waals surface area contributed by atoms with Gasteiger partial charge in [0.15, 0.2) is 0 Å². The molecule has 0 spiro atoms. The van der Waals surface area contributed by atoms with Crippen LogP contribution in [-0.4, -0.2) is 54.3 Å². The zero-order valence-corrected chi connectivity index (χ0v) is 11.4. The van der Waals surface area contributed by atoms with Crippen LogP contribution in [0.2, 0.25) is 0 Å². The van der Waals surface area contributed by atoms with Crippen molar-refractivity contribution in [3.8, 4) is 0 Å². The summed E-state index contributed by atoms with van der Waals surface area (Å²) in [4.78, 5) is 10.8. The van der Waals surface area contributed by atoms with Gasteiger partial charge in [0, 0.05) is 26.2 Å². The van der Waals surface area contributed by atoms with Crippen molar-refractivity contribution < 1.29 is 18.3 Å². The van der Waals surface area contributed by atoms with Crippen LogP contribution in [-0.2, 0) is 15.0 Å². The average molecular weight is 276 g/mol. The third-order valence-electron chi connectivity index (χ3n) is 3.84. The maximum Gasteiger partial charge on any atom is 0.306 e. The van der Waals surface area contributed by atoms with Gasteiger partial charge in [-0.25, -0.2) is 0 Å². The predicted octanol–water partition coefficient (Wildman–Crippen LogP) is 0.370. The summed E-state index contributed by atoms with van der Waals surface area (Å²) >= 11 is 0. The Bertz CT molecular complexity index is 415. The normalized spacial score (nSPS) is 28.6. The fraction of sp³-hybridized carbons (Fsp3) is 0.909. The predicted molar refractivity (Wildman–Crippen MR) is 66.2 cm³/mol. The van der Waals surface area contributed by atoms with Crippen LogP contribution in [0.3, 0.4) is 0 Å². The standard InChI is InChI=1S/C11H20N2O4S/c1-9-2-5-13(8-9)18(16,17)12-6-3-10(4-7-12)11(14)15/h9-10H,2-8H2,1H3,(H,14,15). The maximum atomic E-state index is 12.3. The van der Waals surface area contributed by atoms with E-state index in [9.17, 15) is 13.2 Å². The van der Waals surface area contributed by atoms with Gasteiger partial charge in [-0.05, 0) is 25.2 Å². The van der Waals surface area contributed by atoms with E-state index in [1.807, 2.05) is 6.92 Å². The van der Waals surface area contributed by atoms with E-state index >= 15 is 0 Å². The Kier molecular flexibility index (Phi) is 3.93. The van der Waals surface area contributed by atoms with Crippen LogP contribution in [0, 0.1) is 11.8 Å². The molecular formula is C11H20N2O4S. The number of carboxylic acids is 1. The van der Waals surface area contributed by atoms with Crippen LogP contribution in [0.5, 0.6) is 0 Å². The molecule has 2 aliphatic rings. The molecule has 0 amide bonds. The van der Waals surface area contributed by atoms with Crippen LogP contribution >= 0.6 is 0 Å². The number of aliphatic carboxylic acids is 1. The molecule has 2 saturated heterocycles. The van der Waals surface area contributed by atoms with E-state index < -0.39 is 22.1 Å². The van der Waals surface area contributed by atoms with Crippen molar-refractivity contribution in [1.29, 1.82) is 0 Å². The van der Waals surface area contributed by atoms with Crippen molar-refractivity contribution >= 4 is 16.2 Å². The lowest BCUT2D eigenvalue weighted by Crippen LogP contribution is -2.47. The molecule has 6 nitrogen and oxygen atoms in total. The molecule has 0 saturated carbocycles. The summed E-state index contributed by atoms with van der Waals surface area (Å²) in [5, 5.41) is 8.90. The third kappa shape index (κ3) is 2.67. The molecule has 7 heteroatoms. The van der Waals surface area contributed by atoms with Gasteiger partial charge in [-0.3, -0.25) is 4.79 Å². The van der Waals surface area contributed by atoms with Crippen molar-refractivity contribution in [3.05, 3.63) is 0 Å². The van der Waals surface area contributed by atoms with E-state index in [1.54, 1.807) is 0 Å². The number of hydrogen-bond acceptors (Lipinski definition) is 3. The second-order valence-corrected chi connectivity index (χ2v) is 7.20. The minimum absolute atomic E-state index is 0.324. The number of piperidine rings is 1. The van der Waals surface area contributed by atoms with Gasteiger partial charge in [-0.2, -0.15) is 17.0 Å². The van der Waals surface area contributed by atoms with Gasteiger partial charge in [-0.15, -0.1) is 0 Å². The zero-order valence-electron chi connectivity index (χ0n) is 10.6. The molecule has 1 N–H and O–H groups in total. The van der Waals surface area contributed by atoms with Crippen molar-refractivity contribution in [2.24, 2.45) is 11.8 Å². The highest BCUT2D eigenvalue weighted by atomic mass is 32.2. The number of carboxylic acid groups (broad SMARTS) is 1. The summed E-state index contributed by atoms with van der Waals surface area (Å²) in [5.74, 6) is -0.799. The Hall–Kier alpha value is -0.660. The second kappa shape index (κ2) is 5.14. The smallest absolute Gasteiger partial charge is 0.306 e. The molecule has 18 heavy (non-hydrogen) atoms. The van der Waals surface area contributed by atoms with Crippen molar-refractivity contribution in [2.45, 2.75) is 26.2 Å². The average Bonchev–Trinajstić information content (AvgIpc) is 2.76. The molecule has 2 heterocycles. The van der Waals surface area contributed by atoms with E-state index in [-0.39, 0.29) is 0 Å². The SMILES string of the molecule is CC1CCN(S(=O)(=O)N2CCC(C(=O)O)CC2)C1. The lowest BCUT2D eigenvalue weighted by Gasteiger charge is -2.32. The van der Waals surface area contributed by atoms with Crippen LogP contribution < -0.4 is 0 Å². The van der Waals surface area contributed by atoms with Crippen molar-refractivity contribution in [1.82, 2.24) is 8.61 Å². The summed E-state index contributed by atoms with van der Waals surface area (Å²) in [5.41, 5.74) is 0. The molecular weight excluding hydrogens is 256 g/mol.